The van der Waals surface area contributed by atoms with E-state index in [0.717, 1.165) is 50.6 Å². The molecular formula is C25H45BNNaO11S3. The average Bonchev–Trinajstić information content (AvgIpc) is 2.94. The molecule has 17 heteroatoms. The molecule has 1 rings (SSSR count). The van der Waals surface area contributed by atoms with Crippen LogP contribution < -0.4 is 34.3 Å². The van der Waals surface area contributed by atoms with Gasteiger partial charge in [-0.25, -0.2) is 13.2 Å². The molecule has 0 unspecified atom stereocenters. The van der Waals surface area contributed by atoms with Crippen molar-refractivity contribution in [2.75, 3.05) is 0 Å². The SMILES string of the molecule is C.CCCCCCCCC(=O)OO.CCCCCCCCC(=O)Oc1ccc(S(=O)(=O)[O-])cc1.OO.S=BON=S.[Na+]. The summed E-state index contributed by atoms with van der Waals surface area (Å²) >= 11 is 8.10. The number of hydrogen-bond donors (Lipinski definition) is 3. The molecule has 12 nitrogen and oxygen atoms in total. The largest absolute Gasteiger partial charge is 1.00 e. The van der Waals surface area contributed by atoms with Gasteiger partial charge in [0.05, 0.1) is 4.90 Å². The summed E-state index contributed by atoms with van der Waals surface area (Å²) in [5, 5.41) is 19.9. The van der Waals surface area contributed by atoms with Gasteiger partial charge in [-0.3, -0.25) is 15.3 Å². The van der Waals surface area contributed by atoms with Crippen LogP contribution in [0.5, 0.6) is 5.75 Å². The summed E-state index contributed by atoms with van der Waals surface area (Å²) in [5.41, 5.74) is 0. The molecule has 0 aromatic heterocycles. The first-order valence-corrected chi connectivity index (χ1v) is 15.1. The van der Waals surface area contributed by atoms with Gasteiger partial charge in [0.1, 0.15) is 15.9 Å². The van der Waals surface area contributed by atoms with Gasteiger partial charge in [-0.05, 0) is 37.1 Å². The second kappa shape index (κ2) is 38.1. The summed E-state index contributed by atoms with van der Waals surface area (Å²) in [6, 6.07) is 4.89. The predicted octanol–water partition coefficient (Wildman–Crippen LogP) is 4.04. The van der Waals surface area contributed by atoms with Crippen molar-refractivity contribution in [1.82, 2.24) is 0 Å². The number of benzene rings is 1. The van der Waals surface area contributed by atoms with Crippen LogP contribution in [-0.2, 0) is 41.8 Å². The number of ether oxygens (including phenoxy) is 1. The van der Waals surface area contributed by atoms with Crippen LogP contribution in [0.15, 0.2) is 33.7 Å². The van der Waals surface area contributed by atoms with Crippen LogP contribution in [0.4, 0.5) is 0 Å². The van der Waals surface area contributed by atoms with Crippen molar-refractivity contribution in [3.8, 4) is 5.75 Å². The molecule has 1 aromatic rings. The minimum Gasteiger partial charge on any atom is 1.00 e. The minimum atomic E-state index is -4.46. The summed E-state index contributed by atoms with van der Waals surface area (Å²) in [5.74, 6) is -0.618. The van der Waals surface area contributed by atoms with Crippen molar-refractivity contribution >= 4 is 52.9 Å². The molecule has 0 aliphatic carbocycles. The molecule has 0 atom stereocenters. The quantitative estimate of drug-likeness (QED) is 0.0388. The second-order valence-corrected chi connectivity index (χ2v) is 9.90. The first kappa shape index (κ1) is 50.7. The molecule has 0 radical (unpaired) electrons. The van der Waals surface area contributed by atoms with Crippen molar-refractivity contribution in [2.24, 2.45) is 4.53 Å². The van der Waals surface area contributed by atoms with E-state index in [1.807, 2.05) is 0 Å². The fourth-order valence-corrected chi connectivity index (χ4v) is 3.63. The molecule has 0 aliphatic rings. The van der Waals surface area contributed by atoms with Gasteiger partial charge in [-0.2, -0.15) is 5.26 Å². The Morgan fingerprint density at radius 3 is 1.60 bits per heavy atom. The summed E-state index contributed by atoms with van der Waals surface area (Å²) in [6.07, 6.45) is 15.0. The van der Waals surface area contributed by atoms with E-state index in [2.05, 4.69) is 52.5 Å². The number of rotatable bonds is 18. The Hall–Kier alpha value is -0.945. The van der Waals surface area contributed by atoms with Crippen molar-refractivity contribution in [2.45, 2.75) is 116 Å². The molecule has 1 aromatic carbocycles. The van der Waals surface area contributed by atoms with Crippen molar-refractivity contribution < 1.29 is 82.3 Å². The molecular weight excluding hydrogens is 620 g/mol. The first-order valence-electron chi connectivity index (χ1n) is 12.9. The molecule has 0 bridgehead atoms. The standard InChI is InChI=1S/C15H22O5S.C9H18O3.CH4.BNOS2.Na.H2O2/c1-2-3-4-5-6-7-8-15(16)20-13-9-11-14(12-10-13)21(17,18)19;1-2-3-4-5-6-7-8-9(10)12-11;;4-1-3-2-5;;1-2/h9-12H,2-8H2,1H3,(H,17,18,19);11H,2-8H2,1H3;1H4;;;1-2H/q;;;;+1;/p-1. The fraction of sp³-hybridized carbons (Fsp3) is 0.680. The Kier molecular flexibility index (Phi) is 45.9. The number of carbonyl (C=O) groups is 2. The van der Waals surface area contributed by atoms with Crippen LogP contribution >= 0.6 is 12.1 Å². The third-order valence-corrected chi connectivity index (χ3v) is 6.02. The van der Waals surface area contributed by atoms with Gasteiger partial charge in [0.2, 0.25) is 0 Å². The van der Waals surface area contributed by atoms with Gasteiger partial charge in [-0.1, -0.05) is 85.5 Å². The zero-order valence-corrected chi connectivity index (χ0v) is 28.5. The first-order chi connectivity index (χ1) is 19.2. The van der Waals surface area contributed by atoms with E-state index in [1.54, 1.807) is 0 Å². The van der Waals surface area contributed by atoms with Crippen LogP contribution in [0.1, 0.15) is 111 Å². The summed E-state index contributed by atoms with van der Waals surface area (Å²) in [6.45, 7) is 4.32. The van der Waals surface area contributed by atoms with E-state index in [0.29, 0.717) is 12.8 Å². The Balaban J connectivity index is -0.000000185. The molecule has 0 aliphatic heterocycles. The normalized spacial score (nSPS) is 9.19. The smallest absolute Gasteiger partial charge is 1.00 e. The van der Waals surface area contributed by atoms with Crippen LogP contribution in [0.25, 0.3) is 0 Å². The predicted molar refractivity (Wildman–Crippen MR) is 161 cm³/mol. The number of nitrogens with zero attached hydrogens (tertiary/aromatic N) is 1. The Labute approximate surface area is 284 Å². The number of hydrogen-bond acceptors (Lipinski definition) is 14. The van der Waals surface area contributed by atoms with Gasteiger partial charge in [-0.15, -0.1) is 0 Å². The van der Waals surface area contributed by atoms with E-state index in [9.17, 15) is 22.6 Å². The maximum absolute atomic E-state index is 11.6. The van der Waals surface area contributed by atoms with E-state index < -0.39 is 16.1 Å². The van der Waals surface area contributed by atoms with Gasteiger partial charge in [0.15, 0.2) is 0 Å². The van der Waals surface area contributed by atoms with Gasteiger partial charge < -0.3 is 14.2 Å². The van der Waals surface area contributed by atoms with Crippen molar-refractivity contribution in [1.29, 1.82) is 0 Å². The van der Waals surface area contributed by atoms with Gasteiger partial charge >= 0.3 is 81.6 Å². The molecule has 0 saturated heterocycles. The topological polar surface area (TPSA) is 192 Å². The van der Waals surface area contributed by atoms with Gasteiger partial charge in [0, 0.05) is 12.8 Å². The molecule has 0 fully saturated rings. The van der Waals surface area contributed by atoms with E-state index >= 15 is 0 Å². The maximum atomic E-state index is 11.6. The van der Waals surface area contributed by atoms with Crippen LogP contribution in [-0.4, -0.2) is 47.0 Å². The molecule has 42 heavy (non-hydrogen) atoms. The molecule has 0 saturated carbocycles. The summed E-state index contributed by atoms with van der Waals surface area (Å²) in [7, 11) is -4.46. The summed E-state index contributed by atoms with van der Waals surface area (Å²) in [4.78, 5) is 25.2. The van der Waals surface area contributed by atoms with Crippen molar-refractivity contribution in [3.05, 3.63) is 24.3 Å². The number of unbranched alkanes of at least 4 members (excludes halogenated alkanes) is 10. The molecule has 3 N–H and O–H groups in total. The third-order valence-electron chi connectivity index (χ3n) is 5.00. The molecule has 0 spiro atoms. The van der Waals surface area contributed by atoms with E-state index in [1.165, 1.54) is 57.1 Å². The Morgan fingerprint density at radius 2 is 1.26 bits per heavy atom. The van der Waals surface area contributed by atoms with Crippen LogP contribution in [0.2, 0.25) is 0 Å². The summed E-state index contributed by atoms with van der Waals surface area (Å²) < 4.78 is 44.1. The van der Waals surface area contributed by atoms with Crippen LogP contribution in [0.3, 0.4) is 0 Å². The van der Waals surface area contributed by atoms with E-state index in [4.69, 9.17) is 20.5 Å². The Bertz CT molecular complexity index is 875. The second-order valence-electron chi connectivity index (χ2n) is 8.17. The zero-order chi connectivity index (χ0) is 31.1. The Morgan fingerprint density at radius 1 is 0.857 bits per heavy atom. The maximum Gasteiger partial charge on any atom is 1.00 e. The van der Waals surface area contributed by atoms with E-state index in [-0.39, 0.29) is 53.6 Å². The zero-order valence-electron chi connectivity index (χ0n) is 24.1. The minimum absolute atomic E-state index is 0. The average molecular weight is 666 g/mol. The van der Waals surface area contributed by atoms with Crippen molar-refractivity contribution in [3.63, 3.8) is 0 Å². The number of carbonyl (C=O) groups excluding carboxylic acids is 2. The number of esters is 1. The van der Waals surface area contributed by atoms with Crippen LogP contribution in [0, 0.1) is 0 Å². The molecule has 0 heterocycles. The third kappa shape index (κ3) is 37.1. The molecule has 0 amide bonds. The fourth-order valence-electron chi connectivity index (χ4n) is 3.02. The van der Waals surface area contributed by atoms with Gasteiger partial charge in [0.25, 0.3) is 0 Å². The molecule has 238 valence electrons. The monoisotopic (exact) mass is 665 g/mol.